The molecular formula is C8H3F5INO2. The maximum Gasteiger partial charge on any atom is 0.433 e. The summed E-state index contributed by atoms with van der Waals surface area (Å²) < 4.78 is 61.2. The number of alkyl halides is 5. The molecule has 0 aliphatic rings. The second kappa shape index (κ2) is 4.70. The first-order valence-electron chi connectivity index (χ1n) is 3.93. The molecule has 0 aliphatic carbocycles. The standard InChI is InChI=1S/C8H3F5INO2/c9-5(10)4-2(7(16)17)1-3(8(11,12)13)15-6(4)14/h1,5H,(H,16,17). The third kappa shape index (κ3) is 3.01. The van der Waals surface area contributed by atoms with E-state index in [2.05, 4.69) is 4.98 Å². The van der Waals surface area contributed by atoms with Gasteiger partial charge in [-0.05, 0) is 28.7 Å². The van der Waals surface area contributed by atoms with Crippen LogP contribution >= 0.6 is 22.6 Å². The zero-order valence-electron chi connectivity index (χ0n) is 7.73. The molecule has 17 heavy (non-hydrogen) atoms. The molecular weight excluding hydrogens is 364 g/mol. The van der Waals surface area contributed by atoms with Crippen LogP contribution in [-0.2, 0) is 6.18 Å². The Morgan fingerprint density at radius 1 is 1.41 bits per heavy atom. The lowest BCUT2D eigenvalue weighted by atomic mass is 10.1. The molecule has 0 aromatic carbocycles. The van der Waals surface area contributed by atoms with Gasteiger partial charge in [0.15, 0.2) is 0 Å². The largest absolute Gasteiger partial charge is 0.478 e. The highest BCUT2D eigenvalue weighted by Gasteiger charge is 2.36. The van der Waals surface area contributed by atoms with Gasteiger partial charge in [-0.3, -0.25) is 0 Å². The maximum absolute atomic E-state index is 12.5. The predicted molar refractivity (Wildman–Crippen MR) is 53.9 cm³/mol. The average molecular weight is 367 g/mol. The van der Waals surface area contributed by atoms with Crippen LogP contribution in [0.4, 0.5) is 22.0 Å². The second-order valence-corrected chi connectivity index (χ2v) is 3.88. The van der Waals surface area contributed by atoms with Crippen LogP contribution in [-0.4, -0.2) is 16.1 Å². The van der Waals surface area contributed by atoms with Gasteiger partial charge < -0.3 is 5.11 Å². The molecule has 0 bridgehead atoms. The Morgan fingerprint density at radius 3 is 2.29 bits per heavy atom. The highest BCUT2D eigenvalue weighted by Crippen LogP contribution is 2.33. The van der Waals surface area contributed by atoms with Crippen molar-refractivity contribution in [3.05, 3.63) is 26.6 Å². The molecule has 9 heteroatoms. The molecule has 1 aromatic rings. The van der Waals surface area contributed by atoms with Crippen molar-refractivity contribution in [2.24, 2.45) is 0 Å². The zero-order valence-corrected chi connectivity index (χ0v) is 9.88. The number of nitrogens with zero attached hydrogens (tertiary/aromatic N) is 1. The number of hydrogen-bond acceptors (Lipinski definition) is 2. The fraction of sp³-hybridized carbons (Fsp3) is 0.250. The van der Waals surface area contributed by atoms with E-state index >= 15 is 0 Å². The predicted octanol–water partition coefficient (Wildman–Crippen LogP) is 3.34. The molecule has 0 saturated carbocycles. The Balaban J connectivity index is 3.53. The summed E-state index contributed by atoms with van der Waals surface area (Å²) in [5.74, 6) is -1.86. The van der Waals surface area contributed by atoms with Crippen molar-refractivity contribution in [2.45, 2.75) is 12.6 Å². The van der Waals surface area contributed by atoms with Gasteiger partial charge >= 0.3 is 12.1 Å². The van der Waals surface area contributed by atoms with Gasteiger partial charge in [0.05, 0.1) is 11.1 Å². The SMILES string of the molecule is O=C(O)c1cc(C(F)(F)F)nc(I)c1C(F)F. The van der Waals surface area contributed by atoms with Gasteiger partial charge in [-0.15, -0.1) is 0 Å². The summed E-state index contributed by atoms with van der Waals surface area (Å²) in [6, 6.07) is 0.103. The minimum atomic E-state index is -4.88. The van der Waals surface area contributed by atoms with Crippen LogP contribution in [0.2, 0.25) is 0 Å². The minimum Gasteiger partial charge on any atom is -0.478 e. The van der Waals surface area contributed by atoms with E-state index in [9.17, 15) is 26.7 Å². The van der Waals surface area contributed by atoms with Crippen molar-refractivity contribution < 1.29 is 31.9 Å². The molecule has 0 unspecified atom stereocenters. The summed E-state index contributed by atoms with van der Waals surface area (Å²) >= 11 is 1.15. The van der Waals surface area contributed by atoms with Crippen LogP contribution in [0.3, 0.4) is 0 Å². The number of aromatic carboxylic acids is 1. The molecule has 0 saturated heterocycles. The number of pyridine rings is 1. The lowest BCUT2D eigenvalue weighted by molar-refractivity contribution is -0.141. The summed E-state index contributed by atoms with van der Waals surface area (Å²) in [7, 11) is 0. The first-order chi connectivity index (χ1) is 7.64. The molecule has 1 N–H and O–H groups in total. The number of carboxylic acids is 1. The highest BCUT2D eigenvalue weighted by atomic mass is 127. The Bertz CT molecular complexity index is 460. The first-order valence-corrected chi connectivity index (χ1v) is 5.01. The van der Waals surface area contributed by atoms with Crippen molar-refractivity contribution in [1.29, 1.82) is 0 Å². The van der Waals surface area contributed by atoms with Crippen molar-refractivity contribution in [2.75, 3.05) is 0 Å². The van der Waals surface area contributed by atoms with E-state index < -0.39 is 39.1 Å². The normalized spacial score (nSPS) is 11.9. The number of halogens is 6. The molecule has 1 aromatic heterocycles. The van der Waals surface area contributed by atoms with Crippen molar-refractivity contribution >= 4 is 28.6 Å². The van der Waals surface area contributed by atoms with E-state index in [-0.39, 0.29) is 6.07 Å². The van der Waals surface area contributed by atoms with E-state index in [0.29, 0.717) is 0 Å². The lowest BCUT2D eigenvalue weighted by Gasteiger charge is -2.11. The van der Waals surface area contributed by atoms with Crippen LogP contribution in [0.15, 0.2) is 6.07 Å². The fourth-order valence-corrected chi connectivity index (χ4v) is 1.84. The third-order valence-corrected chi connectivity index (χ3v) is 2.57. The van der Waals surface area contributed by atoms with Crippen molar-refractivity contribution in [1.82, 2.24) is 4.98 Å². The number of hydrogen-bond donors (Lipinski definition) is 1. The van der Waals surface area contributed by atoms with Crippen LogP contribution < -0.4 is 0 Å². The highest BCUT2D eigenvalue weighted by molar-refractivity contribution is 14.1. The molecule has 94 valence electrons. The van der Waals surface area contributed by atoms with Crippen LogP contribution in [0.5, 0.6) is 0 Å². The van der Waals surface area contributed by atoms with Gasteiger partial charge in [-0.25, -0.2) is 18.6 Å². The van der Waals surface area contributed by atoms with Gasteiger partial charge in [-0.1, -0.05) is 0 Å². The number of carboxylic acid groups (broad SMARTS) is 1. The van der Waals surface area contributed by atoms with E-state index in [1.165, 1.54) is 0 Å². The summed E-state index contributed by atoms with van der Waals surface area (Å²) in [6.45, 7) is 0. The Hall–Kier alpha value is -1.00. The first kappa shape index (κ1) is 14.1. The summed E-state index contributed by atoms with van der Waals surface area (Å²) in [5, 5.41) is 8.60. The Kier molecular flexibility index (Phi) is 3.89. The number of rotatable bonds is 2. The third-order valence-electron chi connectivity index (χ3n) is 1.75. The average Bonchev–Trinajstić information content (AvgIpc) is 2.13. The molecule has 0 fully saturated rings. The zero-order chi connectivity index (χ0) is 13.4. The Morgan fingerprint density at radius 2 is 1.94 bits per heavy atom. The lowest BCUT2D eigenvalue weighted by Crippen LogP contribution is -2.15. The molecule has 1 rings (SSSR count). The molecule has 0 atom stereocenters. The fourth-order valence-electron chi connectivity index (χ4n) is 1.05. The summed E-state index contributed by atoms with van der Waals surface area (Å²) in [5.41, 5.74) is -3.61. The second-order valence-electron chi connectivity index (χ2n) is 2.86. The summed E-state index contributed by atoms with van der Waals surface area (Å²) in [4.78, 5) is 13.6. The number of aromatic nitrogens is 1. The van der Waals surface area contributed by atoms with Crippen molar-refractivity contribution in [3.8, 4) is 0 Å². The molecule has 0 radical (unpaired) electrons. The van der Waals surface area contributed by atoms with Crippen LogP contribution in [0.25, 0.3) is 0 Å². The smallest absolute Gasteiger partial charge is 0.433 e. The molecule has 0 amide bonds. The van der Waals surface area contributed by atoms with E-state index in [0.717, 1.165) is 22.6 Å². The quantitative estimate of drug-likeness (QED) is 0.496. The molecule has 1 heterocycles. The van der Waals surface area contributed by atoms with Crippen LogP contribution in [0.1, 0.15) is 28.0 Å². The van der Waals surface area contributed by atoms with E-state index in [1.807, 2.05) is 0 Å². The number of carbonyl (C=O) groups is 1. The van der Waals surface area contributed by atoms with Crippen LogP contribution in [0, 0.1) is 3.70 Å². The molecule has 3 nitrogen and oxygen atoms in total. The van der Waals surface area contributed by atoms with Crippen molar-refractivity contribution in [3.63, 3.8) is 0 Å². The van der Waals surface area contributed by atoms with E-state index in [1.54, 1.807) is 0 Å². The van der Waals surface area contributed by atoms with Gasteiger partial charge in [0.1, 0.15) is 9.39 Å². The monoisotopic (exact) mass is 367 g/mol. The van der Waals surface area contributed by atoms with E-state index in [4.69, 9.17) is 5.11 Å². The summed E-state index contributed by atoms with van der Waals surface area (Å²) in [6.07, 6.45) is -8.09. The molecule has 0 aliphatic heterocycles. The minimum absolute atomic E-state index is 0.103. The molecule has 0 spiro atoms. The topological polar surface area (TPSA) is 50.2 Å². The maximum atomic E-state index is 12.5. The van der Waals surface area contributed by atoms with Gasteiger partial charge in [-0.2, -0.15) is 13.2 Å². The Labute approximate surface area is 105 Å². The van der Waals surface area contributed by atoms with Gasteiger partial charge in [0.25, 0.3) is 6.43 Å². The van der Waals surface area contributed by atoms with Gasteiger partial charge in [0.2, 0.25) is 0 Å². The van der Waals surface area contributed by atoms with Gasteiger partial charge in [0, 0.05) is 0 Å².